The lowest BCUT2D eigenvalue weighted by Gasteiger charge is -2.13. The topological polar surface area (TPSA) is 50.7 Å². The van der Waals surface area contributed by atoms with Crippen LogP contribution in [0.2, 0.25) is 0 Å². The molecule has 1 saturated heterocycles. The van der Waals surface area contributed by atoms with Crippen molar-refractivity contribution in [3.8, 4) is 5.75 Å². The zero-order valence-electron chi connectivity index (χ0n) is 18.7. The molecule has 1 amide bonds. The number of nitrogens with one attached hydrogen (secondary N) is 1. The summed E-state index contributed by atoms with van der Waals surface area (Å²) in [5.74, 6) is 0.670. The van der Waals surface area contributed by atoms with E-state index in [0.717, 1.165) is 17.0 Å². The monoisotopic (exact) mass is 442 g/mol. The normalized spacial score (nSPS) is 15.9. The Hall–Kier alpha value is -3.31. The molecule has 0 spiro atoms. The van der Waals surface area contributed by atoms with Crippen LogP contribution in [0.15, 0.2) is 70.6 Å². The third-order valence-corrected chi connectivity index (χ3v) is 6.23. The Labute approximate surface area is 193 Å². The molecule has 1 heterocycles. The van der Waals surface area contributed by atoms with E-state index in [1.807, 2.05) is 61.5 Å². The molecule has 4 rings (SSSR count). The molecule has 1 N–H and O–H groups in total. The molecule has 1 aliphatic heterocycles. The average molecular weight is 443 g/mol. The molecule has 0 unspecified atom stereocenters. The first-order valence-corrected chi connectivity index (χ1v) is 11.3. The van der Waals surface area contributed by atoms with Crippen molar-refractivity contribution in [2.75, 3.05) is 0 Å². The maximum Gasteiger partial charge on any atom is 0.264 e. The van der Waals surface area contributed by atoms with Gasteiger partial charge in [0.05, 0.1) is 10.6 Å². The van der Waals surface area contributed by atoms with Crippen molar-refractivity contribution < 1.29 is 9.53 Å². The van der Waals surface area contributed by atoms with Gasteiger partial charge in [-0.3, -0.25) is 4.79 Å². The maximum atomic E-state index is 12.3. The number of amidine groups is 1. The average Bonchev–Trinajstić information content (AvgIpc) is 3.08. The number of rotatable bonds is 5. The second kappa shape index (κ2) is 9.45. The van der Waals surface area contributed by atoms with E-state index in [1.165, 1.54) is 39.6 Å². The lowest BCUT2D eigenvalue weighted by molar-refractivity contribution is -0.115. The summed E-state index contributed by atoms with van der Waals surface area (Å²) in [5.41, 5.74) is 7.92. The van der Waals surface area contributed by atoms with Crippen LogP contribution in [0, 0.1) is 27.7 Å². The van der Waals surface area contributed by atoms with Crippen LogP contribution in [0.4, 0.5) is 5.69 Å². The lowest BCUT2D eigenvalue weighted by atomic mass is 10.0. The van der Waals surface area contributed by atoms with Crippen LogP contribution in [0.3, 0.4) is 0 Å². The summed E-state index contributed by atoms with van der Waals surface area (Å²) in [6.45, 7) is 8.92. The van der Waals surface area contributed by atoms with Crippen LogP contribution in [-0.4, -0.2) is 11.1 Å². The minimum absolute atomic E-state index is 0.133. The smallest absolute Gasteiger partial charge is 0.264 e. The molecular weight excluding hydrogens is 416 g/mol. The molecule has 3 aromatic carbocycles. The number of carbonyl (C=O) groups is 1. The van der Waals surface area contributed by atoms with Crippen LogP contribution < -0.4 is 10.1 Å². The van der Waals surface area contributed by atoms with Crippen molar-refractivity contribution in [1.29, 1.82) is 0 Å². The van der Waals surface area contributed by atoms with Crippen molar-refractivity contribution in [2.24, 2.45) is 4.99 Å². The quantitative estimate of drug-likeness (QED) is 0.466. The summed E-state index contributed by atoms with van der Waals surface area (Å²) < 4.78 is 6.01. The van der Waals surface area contributed by atoms with Gasteiger partial charge in [-0.05, 0) is 92.1 Å². The number of aliphatic imine (C=N–C) groups is 1. The number of ether oxygens (including phenoxy) is 1. The highest BCUT2D eigenvalue weighted by molar-refractivity contribution is 8.18. The number of hydrogen-bond donors (Lipinski definition) is 1. The van der Waals surface area contributed by atoms with E-state index >= 15 is 0 Å². The zero-order chi connectivity index (χ0) is 22.7. The van der Waals surface area contributed by atoms with Crippen LogP contribution in [0.5, 0.6) is 5.75 Å². The molecule has 32 heavy (non-hydrogen) atoms. The fourth-order valence-corrected chi connectivity index (χ4v) is 4.46. The summed E-state index contributed by atoms with van der Waals surface area (Å²) in [6, 6.07) is 20.0. The Kier molecular flexibility index (Phi) is 6.47. The Bertz CT molecular complexity index is 1190. The van der Waals surface area contributed by atoms with Gasteiger partial charge in [-0.25, -0.2) is 4.99 Å². The Morgan fingerprint density at radius 2 is 1.56 bits per heavy atom. The van der Waals surface area contributed by atoms with E-state index in [9.17, 15) is 4.79 Å². The van der Waals surface area contributed by atoms with Crippen molar-refractivity contribution in [3.05, 3.63) is 98.9 Å². The molecule has 0 bridgehead atoms. The second-order valence-electron chi connectivity index (χ2n) is 8.05. The second-order valence-corrected chi connectivity index (χ2v) is 9.08. The first-order valence-electron chi connectivity index (χ1n) is 10.5. The SMILES string of the molecule is Cc1ccc(N=C2NC(=O)/C(=C/c3ccc(OCc4c(C)cc(C)cc4C)cc3)S2)cc1. The molecule has 0 aliphatic carbocycles. The van der Waals surface area contributed by atoms with Gasteiger partial charge < -0.3 is 10.1 Å². The molecule has 0 radical (unpaired) electrons. The molecule has 0 saturated carbocycles. The predicted molar refractivity (Wildman–Crippen MR) is 133 cm³/mol. The minimum atomic E-state index is -0.133. The summed E-state index contributed by atoms with van der Waals surface area (Å²) in [6.07, 6.45) is 1.87. The highest BCUT2D eigenvalue weighted by Gasteiger charge is 2.23. The number of benzene rings is 3. The van der Waals surface area contributed by atoms with Crippen LogP contribution in [0.1, 0.15) is 33.4 Å². The van der Waals surface area contributed by atoms with Gasteiger partial charge in [0.15, 0.2) is 5.17 Å². The summed E-state index contributed by atoms with van der Waals surface area (Å²) >= 11 is 1.35. The molecule has 0 aromatic heterocycles. The fourth-order valence-electron chi connectivity index (χ4n) is 3.62. The minimum Gasteiger partial charge on any atom is -0.489 e. The first kappa shape index (κ1) is 21.9. The van der Waals surface area contributed by atoms with Crippen molar-refractivity contribution in [1.82, 2.24) is 5.32 Å². The van der Waals surface area contributed by atoms with Crippen molar-refractivity contribution in [2.45, 2.75) is 34.3 Å². The highest BCUT2D eigenvalue weighted by atomic mass is 32.2. The van der Waals surface area contributed by atoms with Crippen LogP contribution in [-0.2, 0) is 11.4 Å². The number of amides is 1. The number of nitrogens with zero attached hydrogens (tertiary/aromatic N) is 1. The third-order valence-electron chi connectivity index (χ3n) is 5.32. The molecule has 162 valence electrons. The molecule has 4 nitrogen and oxygen atoms in total. The summed E-state index contributed by atoms with van der Waals surface area (Å²) in [7, 11) is 0. The summed E-state index contributed by atoms with van der Waals surface area (Å²) in [5, 5.41) is 3.42. The van der Waals surface area contributed by atoms with E-state index < -0.39 is 0 Å². The molecule has 5 heteroatoms. The number of carbonyl (C=O) groups excluding carboxylic acids is 1. The fraction of sp³-hybridized carbons (Fsp3) is 0.185. The summed E-state index contributed by atoms with van der Waals surface area (Å²) in [4.78, 5) is 17.5. The number of aryl methyl sites for hydroxylation is 4. The van der Waals surface area contributed by atoms with Gasteiger partial charge in [-0.15, -0.1) is 0 Å². The van der Waals surface area contributed by atoms with Gasteiger partial charge in [0.1, 0.15) is 12.4 Å². The Morgan fingerprint density at radius 1 is 0.906 bits per heavy atom. The van der Waals surface area contributed by atoms with E-state index in [2.05, 4.69) is 43.2 Å². The Morgan fingerprint density at radius 3 is 2.22 bits per heavy atom. The van der Waals surface area contributed by atoms with Crippen molar-refractivity contribution >= 4 is 34.6 Å². The number of thioether (sulfide) groups is 1. The number of hydrogen-bond acceptors (Lipinski definition) is 4. The van der Waals surface area contributed by atoms with Gasteiger partial charge in [-0.2, -0.15) is 0 Å². The molecular formula is C27H26N2O2S. The van der Waals surface area contributed by atoms with E-state index in [0.29, 0.717) is 16.7 Å². The molecule has 3 aromatic rings. The van der Waals surface area contributed by atoms with E-state index in [1.54, 1.807) is 0 Å². The first-order chi connectivity index (χ1) is 15.4. The van der Waals surface area contributed by atoms with Crippen molar-refractivity contribution in [3.63, 3.8) is 0 Å². The van der Waals surface area contributed by atoms with Gasteiger partial charge in [0, 0.05) is 0 Å². The van der Waals surface area contributed by atoms with Crippen LogP contribution in [0.25, 0.3) is 6.08 Å². The van der Waals surface area contributed by atoms with E-state index in [-0.39, 0.29) is 5.91 Å². The van der Waals surface area contributed by atoms with Gasteiger partial charge >= 0.3 is 0 Å². The van der Waals surface area contributed by atoms with Crippen LogP contribution >= 0.6 is 11.8 Å². The molecule has 1 fully saturated rings. The van der Waals surface area contributed by atoms with Gasteiger partial charge in [-0.1, -0.05) is 47.5 Å². The largest absolute Gasteiger partial charge is 0.489 e. The zero-order valence-corrected chi connectivity index (χ0v) is 19.5. The predicted octanol–water partition coefficient (Wildman–Crippen LogP) is 6.39. The standard InChI is InChI=1S/C27H26N2O2S/c1-17-5-9-22(10-6-17)28-27-29-26(30)25(32-27)15-21-7-11-23(12-8-21)31-16-24-19(3)13-18(2)14-20(24)4/h5-15H,16H2,1-4H3,(H,28,29,30)/b25-15-. The van der Waals surface area contributed by atoms with Gasteiger partial charge in [0.2, 0.25) is 0 Å². The Balaban J connectivity index is 1.42. The maximum absolute atomic E-state index is 12.3. The molecule has 1 aliphatic rings. The lowest BCUT2D eigenvalue weighted by Crippen LogP contribution is -2.19. The molecule has 0 atom stereocenters. The van der Waals surface area contributed by atoms with Gasteiger partial charge in [0.25, 0.3) is 5.91 Å². The third kappa shape index (κ3) is 5.29. The van der Waals surface area contributed by atoms with E-state index in [4.69, 9.17) is 4.74 Å². The highest BCUT2D eigenvalue weighted by Crippen LogP contribution is 2.29.